The van der Waals surface area contributed by atoms with Crippen LogP contribution in [0.2, 0.25) is 15.1 Å². The molecule has 0 bridgehead atoms. The number of hydrogen-bond acceptors (Lipinski definition) is 5. The van der Waals surface area contributed by atoms with E-state index in [-0.39, 0.29) is 29.1 Å². The minimum Gasteiger partial charge on any atom is -0.345 e. The van der Waals surface area contributed by atoms with Gasteiger partial charge in [-0.1, -0.05) is 46.6 Å². The van der Waals surface area contributed by atoms with Crippen LogP contribution in [0.15, 0.2) is 46.0 Å². The van der Waals surface area contributed by atoms with Gasteiger partial charge in [-0.05, 0) is 52.3 Å². The Hall–Kier alpha value is -1.78. The van der Waals surface area contributed by atoms with Crippen molar-refractivity contribution >= 4 is 80.0 Å². The van der Waals surface area contributed by atoms with Gasteiger partial charge in [0.2, 0.25) is 5.91 Å². The molecule has 2 aromatic carbocycles. The number of nitrogens with zero attached hydrogens (tertiary/aromatic N) is 3. The van der Waals surface area contributed by atoms with Crippen molar-refractivity contribution in [2.45, 2.75) is 11.7 Å². The lowest BCUT2D eigenvalue weighted by atomic mass is 10.2. The van der Waals surface area contributed by atoms with Gasteiger partial charge in [0.25, 0.3) is 5.91 Å². The predicted molar refractivity (Wildman–Crippen MR) is 127 cm³/mol. The summed E-state index contributed by atoms with van der Waals surface area (Å²) in [6.07, 6.45) is 0. The van der Waals surface area contributed by atoms with E-state index in [1.165, 1.54) is 17.8 Å². The van der Waals surface area contributed by atoms with Crippen LogP contribution in [0.1, 0.15) is 16.2 Å². The molecule has 0 aliphatic carbocycles. The Kier molecular flexibility index (Phi) is 8.23. The van der Waals surface area contributed by atoms with Crippen molar-refractivity contribution in [3.05, 3.63) is 67.3 Å². The maximum absolute atomic E-state index is 12.3. The molecular weight excluding hydrogens is 549 g/mol. The van der Waals surface area contributed by atoms with E-state index in [9.17, 15) is 9.59 Å². The second-order valence-electron chi connectivity index (χ2n) is 6.23. The van der Waals surface area contributed by atoms with Crippen LogP contribution in [0.5, 0.6) is 0 Å². The first kappa shape index (κ1) is 23.9. The topological polar surface area (TPSA) is 88.9 Å². The highest BCUT2D eigenvalue weighted by Crippen LogP contribution is 2.26. The van der Waals surface area contributed by atoms with Crippen molar-refractivity contribution in [2.75, 3.05) is 11.1 Å². The van der Waals surface area contributed by atoms with Crippen LogP contribution in [0, 0.1) is 0 Å². The molecular formula is C19H15BrCl3N5O2S. The molecule has 31 heavy (non-hydrogen) atoms. The van der Waals surface area contributed by atoms with Crippen molar-refractivity contribution in [3.8, 4) is 0 Å². The first-order valence-electron chi connectivity index (χ1n) is 8.74. The summed E-state index contributed by atoms with van der Waals surface area (Å²) in [5.74, 6) is 0.0953. The van der Waals surface area contributed by atoms with Gasteiger partial charge in [-0.25, -0.2) is 0 Å². The molecule has 0 saturated carbocycles. The van der Waals surface area contributed by atoms with Crippen LogP contribution in [-0.2, 0) is 18.4 Å². The molecule has 0 saturated heterocycles. The third kappa shape index (κ3) is 6.36. The molecule has 3 rings (SSSR count). The Bertz CT molecular complexity index is 1140. The van der Waals surface area contributed by atoms with E-state index >= 15 is 0 Å². The summed E-state index contributed by atoms with van der Waals surface area (Å²) in [5.41, 5.74) is 0.911. The van der Waals surface area contributed by atoms with Crippen LogP contribution in [0.3, 0.4) is 0 Å². The zero-order valence-electron chi connectivity index (χ0n) is 16.0. The Morgan fingerprint density at radius 2 is 1.87 bits per heavy atom. The lowest BCUT2D eigenvalue weighted by Crippen LogP contribution is -2.24. The zero-order chi connectivity index (χ0) is 22.5. The average molecular weight is 564 g/mol. The number of carbonyl (C=O) groups is 2. The van der Waals surface area contributed by atoms with E-state index in [0.29, 0.717) is 32.3 Å². The van der Waals surface area contributed by atoms with Crippen molar-refractivity contribution in [1.82, 2.24) is 20.1 Å². The Labute approximate surface area is 206 Å². The fourth-order valence-corrected chi connectivity index (χ4v) is 4.11. The number of aromatic nitrogens is 3. The quantitative estimate of drug-likeness (QED) is 0.386. The second kappa shape index (κ2) is 10.7. The fraction of sp³-hybridized carbons (Fsp3) is 0.158. The predicted octanol–water partition coefficient (Wildman–Crippen LogP) is 5.20. The molecule has 0 aliphatic rings. The largest absolute Gasteiger partial charge is 0.345 e. The molecule has 0 radical (unpaired) electrons. The third-order valence-electron chi connectivity index (χ3n) is 4.04. The van der Waals surface area contributed by atoms with Crippen LogP contribution in [0.4, 0.5) is 5.69 Å². The monoisotopic (exact) mass is 561 g/mol. The van der Waals surface area contributed by atoms with Gasteiger partial charge in [0.15, 0.2) is 11.0 Å². The van der Waals surface area contributed by atoms with Crippen LogP contribution >= 0.6 is 62.5 Å². The van der Waals surface area contributed by atoms with Gasteiger partial charge in [0.05, 0.1) is 27.9 Å². The summed E-state index contributed by atoms with van der Waals surface area (Å²) in [6, 6.07) is 9.80. The maximum Gasteiger partial charge on any atom is 0.253 e. The summed E-state index contributed by atoms with van der Waals surface area (Å²) in [7, 11) is 1.76. The van der Waals surface area contributed by atoms with Crippen LogP contribution < -0.4 is 10.6 Å². The van der Waals surface area contributed by atoms with Crippen molar-refractivity contribution in [1.29, 1.82) is 0 Å². The number of halogens is 4. The highest BCUT2D eigenvalue weighted by Gasteiger charge is 2.15. The first-order chi connectivity index (χ1) is 14.7. The fourth-order valence-electron chi connectivity index (χ4n) is 2.45. The maximum atomic E-state index is 12.3. The standard InChI is InChI=1S/C19H15BrCl3N5O2S/c1-28-16(8-24-18(30)12-4-2-10(21)6-14(12)22)26-27-19(28)31-9-17(29)25-11-3-5-13(20)15(23)7-11/h2-7H,8-9H2,1H3,(H,24,30)(H,25,29). The molecule has 0 aliphatic heterocycles. The van der Waals surface area contributed by atoms with Crippen molar-refractivity contribution in [2.24, 2.45) is 7.05 Å². The summed E-state index contributed by atoms with van der Waals surface area (Å²) < 4.78 is 2.46. The lowest BCUT2D eigenvalue weighted by molar-refractivity contribution is -0.113. The number of nitrogens with one attached hydrogen (secondary N) is 2. The molecule has 3 aromatic rings. The van der Waals surface area contributed by atoms with Gasteiger partial charge >= 0.3 is 0 Å². The van der Waals surface area contributed by atoms with E-state index in [2.05, 4.69) is 36.8 Å². The normalized spacial score (nSPS) is 10.7. The van der Waals surface area contributed by atoms with E-state index in [0.717, 1.165) is 4.47 Å². The van der Waals surface area contributed by atoms with Gasteiger partial charge in [-0.2, -0.15) is 0 Å². The van der Waals surface area contributed by atoms with E-state index < -0.39 is 0 Å². The van der Waals surface area contributed by atoms with Crippen LogP contribution in [-0.4, -0.2) is 32.3 Å². The average Bonchev–Trinajstić information content (AvgIpc) is 3.07. The summed E-state index contributed by atoms with van der Waals surface area (Å²) in [4.78, 5) is 24.5. The summed E-state index contributed by atoms with van der Waals surface area (Å²) >= 11 is 22.5. The van der Waals surface area contributed by atoms with Gasteiger partial charge < -0.3 is 15.2 Å². The summed E-state index contributed by atoms with van der Waals surface area (Å²) in [6.45, 7) is 0.144. The third-order valence-corrected chi connectivity index (χ3v) is 6.84. The van der Waals surface area contributed by atoms with E-state index in [1.807, 2.05) is 0 Å². The van der Waals surface area contributed by atoms with Gasteiger partial charge in [0.1, 0.15) is 0 Å². The van der Waals surface area contributed by atoms with Crippen LogP contribution in [0.25, 0.3) is 0 Å². The zero-order valence-corrected chi connectivity index (χ0v) is 20.6. The summed E-state index contributed by atoms with van der Waals surface area (Å²) in [5, 5.41) is 15.4. The highest BCUT2D eigenvalue weighted by molar-refractivity contribution is 9.10. The lowest BCUT2D eigenvalue weighted by Gasteiger charge is -2.08. The number of carbonyl (C=O) groups excluding carboxylic acids is 2. The number of hydrogen-bond donors (Lipinski definition) is 2. The van der Waals surface area contributed by atoms with E-state index in [4.69, 9.17) is 34.8 Å². The highest BCUT2D eigenvalue weighted by atomic mass is 79.9. The Morgan fingerprint density at radius 1 is 1.10 bits per heavy atom. The molecule has 2 amide bonds. The van der Waals surface area contributed by atoms with Crippen molar-refractivity contribution in [3.63, 3.8) is 0 Å². The smallest absolute Gasteiger partial charge is 0.253 e. The molecule has 0 unspecified atom stereocenters. The van der Waals surface area contributed by atoms with Gasteiger partial charge in [-0.15, -0.1) is 10.2 Å². The molecule has 1 aromatic heterocycles. The number of anilines is 1. The Balaban J connectivity index is 1.54. The first-order valence-corrected chi connectivity index (χ1v) is 11.6. The molecule has 0 spiro atoms. The second-order valence-corrected chi connectivity index (χ2v) is 9.28. The van der Waals surface area contributed by atoms with E-state index in [1.54, 1.807) is 41.9 Å². The van der Waals surface area contributed by atoms with Crippen molar-refractivity contribution < 1.29 is 9.59 Å². The molecule has 0 atom stereocenters. The van der Waals surface area contributed by atoms with Gasteiger partial charge in [-0.3, -0.25) is 9.59 Å². The molecule has 0 fully saturated rings. The van der Waals surface area contributed by atoms with Gasteiger partial charge in [0, 0.05) is 22.2 Å². The Morgan fingerprint density at radius 3 is 2.58 bits per heavy atom. The number of amides is 2. The number of thioether (sulfide) groups is 1. The number of benzene rings is 2. The minimum atomic E-state index is -0.355. The molecule has 12 heteroatoms. The SMILES string of the molecule is Cn1c(CNC(=O)c2ccc(Cl)cc2Cl)nnc1SCC(=O)Nc1ccc(Br)c(Cl)c1. The molecule has 7 nitrogen and oxygen atoms in total. The molecule has 162 valence electrons. The molecule has 2 N–H and O–H groups in total. The minimum absolute atomic E-state index is 0.131. The number of rotatable bonds is 7. The molecule has 1 heterocycles.